The van der Waals surface area contributed by atoms with E-state index in [9.17, 15) is 9.18 Å². The number of nitrogens with zero attached hydrogens (tertiary/aromatic N) is 2. The van der Waals surface area contributed by atoms with Gasteiger partial charge in [0.2, 0.25) is 0 Å². The summed E-state index contributed by atoms with van der Waals surface area (Å²) in [6, 6.07) is 8.01. The largest absolute Gasteiger partial charge is 0.337 e. The quantitative estimate of drug-likeness (QED) is 0.873. The second-order valence-corrected chi connectivity index (χ2v) is 6.55. The summed E-state index contributed by atoms with van der Waals surface area (Å²) in [5.41, 5.74) is 8.02. The minimum atomic E-state index is -0.291. The van der Waals surface area contributed by atoms with E-state index in [0.717, 1.165) is 31.5 Å². The fraction of sp³-hybridized carbons (Fsp3) is 0.412. The Kier molecular flexibility index (Phi) is 4.60. The topological polar surface area (TPSA) is 75.0 Å². The molecule has 2 fully saturated rings. The van der Waals surface area contributed by atoms with Gasteiger partial charge in [-0.3, -0.25) is 9.89 Å². The van der Waals surface area contributed by atoms with Crippen LogP contribution in [0.3, 0.4) is 0 Å². The Morgan fingerprint density at radius 3 is 2.71 bits per heavy atom. The summed E-state index contributed by atoms with van der Waals surface area (Å²) in [7, 11) is 0. The molecule has 1 saturated carbocycles. The molecule has 4 rings (SSSR count). The van der Waals surface area contributed by atoms with Crippen LogP contribution in [-0.4, -0.2) is 40.1 Å². The van der Waals surface area contributed by atoms with E-state index in [0.29, 0.717) is 23.2 Å². The highest BCUT2D eigenvalue weighted by Gasteiger charge is 2.42. The van der Waals surface area contributed by atoms with Crippen molar-refractivity contribution >= 4 is 18.3 Å². The number of H-pyrrole nitrogens is 1. The monoisotopic (exact) mass is 350 g/mol. The first-order chi connectivity index (χ1) is 11.1. The number of rotatable bonds is 2. The number of aromatic nitrogens is 2. The summed E-state index contributed by atoms with van der Waals surface area (Å²) < 4.78 is 13.0. The van der Waals surface area contributed by atoms with Gasteiger partial charge in [0.15, 0.2) is 0 Å². The third-order valence-corrected chi connectivity index (χ3v) is 5.15. The average Bonchev–Trinajstić information content (AvgIpc) is 3.25. The number of benzene rings is 1. The number of nitrogens with one attached hydrogen (secondary N) is 1. The number of nitrogens with two attached hydrogens (primary N) is 1. The van der Waals surface area contributed by atoms with Gasteiger partial charge in [0.25, 0.3) is 5.91 Å². The summed E-state index contributed by atoms with van der Waals surface area (Å²) in [4.78, 5) is 14.5. The third-order valence-electron chi connectivity index (χ3n) is 5.15. The zero-order valence-corrected chi connectivity index (χ0v) is 13.9. The van der Waals surface area contributed by atoms with Crippen molar-refractivity contribution in [1.82, 2.24) is 15.1 Å². The van der Waals surface area contributed by atoms with Crippen LogP contribution in [-0.2, 0) is 0 Å². The van der Waals surface area contributed by atoms with Crippen LogP contribution < -0.4 is 5.73 Å². The molecule has 3 unspecified atom stereocenters. The lowest BCUT2D eigenvalue weighted by molar-refractivity contribution is 0.0773. The third kappa shape index (κ3) is 2.91. The molecule has 2 aliphatic rings. The number of amides is 1. The van der Waals surface area contributed by atoms with Crippen molar-refractivity contribution in [3.05, 3.63) is 41.8 Å². The first kappa shape index (κ1) is 16.9. The predicted molar refractivity (Wildman–Crippen MR) is 91.3 cm³/mol. The first-order valence-corrected chi connectivity index (χ1v) is 7.98. The number of fused-ring (bicyclic) bond motifs is 1. The Labute approximate surface area is 145 Å². The van der Waals surface area contributed by atoms with Crippen molar-refractivity contribution in [1.29, 1.82) is 0 Å². The smallest absolute Gasteiger partial charge is 0.271 e. The second-order valence-electron chi connectivity index (χ2n) is 6.55. The molecule has 1 amide bonds. The van der Waals surface area contributed by atoms with Gasteiger partial charge in [-0.15, -0.1) is 12.4 Å². The number of halogens is 2. The molecular formula is C17H20ClFN4O. The van der Waals surface area contributed by atoms with Gasteiger partial charge in [-0.05, 0) is 55.0 Å². The molecule has 2 heterocycles. The SMILES string of the molecule is Cl.NC1CCC2CN(C(=O)c3cc(-c4ccc(F)cc4)n[nH]3)CC12. The molecule has 5 nitrogen and oxygen atoms in total. The number of carbonyl (C=O) groups excluding carboxylic acids is 1. The minimum Gasteiger partial charge on any atom is -0.337 e. The Bertz CT molecular complexity index is 732. The Morgan fingerprint density at radius 1 is 1.25 bits per heavy atom. The Balaban J connectivity index is 0.00000169. The van der Waals surface area contributed by atoms with E-state index >= 15 is 0 Å². The van der Waals surface area contributed by atoms with Crippen LogP contribution in [0.5, 0.6) is 0 Å². The average molecular weight is 351 g/mol. The summed E-state index contributed by atoms with van der Waals surface area (Å²) in [5.74, 6) is 0.639. The lowest BCUT2D eigenvalue weighted by Crippen LogP contribution is -2.33. The molecule has 0 spiro atoms. The lowest BCUT2D eigenvalue weighted by Gasteiger charge is -2.17. The second kappa shape index (κ2) is 6.53. The molecule has 1 aromatic carbocycles. The van der Waals surface area contributed by atoms with E-state index in [-0.39, 0.29) is 30.2 Å². The molecule has 0 bridgehead atoms. The van der Waals surface area contributed by atoms with Crippen molar-refractivity contribution in [3.63, 3.8) is 0 Å². The van der Waals surface area contributed by atoms with Gasteiger partial charge in [0.1, 0.15) is 11.5 Å². The van der Waals surface area contributed by atoms with Crippen molar-refractivity contribution in [2.45, 2.75) is 18.9 Å². The van der Waals surface area contributed by atoms with E-state index < -0.39 is 0 Å². The van der Waals surface area contributed by atoms with E-state index in [2.05, 4.69) is 10.2 Å². The molecule has 2 aromatic rings. The maximum absolute atomic E-state index is 13.0. The zero-order valence-electron chi connectivity index (χ0n) is 13.1. The molecule has 24 heavy (non-hydrogen) atoms. The number of aromatic amines is 1. The van der Waals surface area contributed by atoms with Gasteiger partial charge in [-0.1, -0.05) is 0 Å². The molecular weight excluding hydrogens is 331 g/mol. The number of hydrogen-bond donors (Lipinski definition) is 2. The van der Waals surface area contributed by atoms with Crippen molar-refractivity contribution in [2.75, 3.05) is 13.1 Å². The van der Waals surface area contributed by atoms with Crippen LogP contribution in [0.15, 0.2) is 30.3 Å². The number of carbonyl (C=O) groups is 1. The number of hydrogen-bond acceptors (Lipinski definition) is 3. The van der Waals surface area contributed by atoms with Gasteiger partial charge in [-0.25, -0.2) is 4.39 Å². The van der Waals surface area contributed by atoms with Crippen molar-refractivity contribution < 1.29 is 9.18 Å². The van der Waals surface area contributed by atoms with Gasteiger partial charge in [-0.2, -0.15) is 5.10 Å². The molecule has 1 aliphatic carbocycles. The highest BCUT2D eigenvalue weighted by Crippen LogP contribution is 2.37. The normalized spacial score (nSPS) is 25.4. The predicted octanol–water partition coefficient (Wildman–Crippen LogP) is 2.45. The highest BCUT2D eigenvalue weighted by molar-refractivity contribution is 5.93. The van der Waals surface area contributed by atoms with Crippen molar-refractivity contribution in [3.8, 4) is 11.3 Å². The number of likely N-dealkylation sites (tertiary alicyclic amines) is 1. The van der Waals surface area contributed by atoms with Crippen LogP contribution >= 0.6 is 12.4 Å². The van der Waals surface area contributed by atoms with Crippen LogP contribution in [0.25, 0.3) is 11.3 Å². The fourth-order valence-corrected chi connectivity index (χ4v) is 3.84. The summed E-state index contributed by atoms with van der Waals surface area (Å²) >= 11 is 0. The van der Waals surface area contributed by atoms with Crippen LogP contribution in [0.1, 0.15) is 23.3 Å². The molecule has 1 aliphatic heterocycles. The van der Waals surface area contributed by atoms with Gasteiger partial charge < -0.3 is 10.6 Å². The van der Waals surface area contributed by atoms with Crippen molar-refractivity contribution in [2.24, 2.45) is 17.6 Å². The summed E-state index contributed by atoms with van der Waals surface area (Å²) in [5, 5.41) is 6.98. The molecule has 3 N–H and O–H groups in total. The molecule has 1 aromatic heterocycles. The van der Waals surface area contributed by atoms with Crippen LogP contribution in [0.4, 0.5) is 4.39 Å². The van der Waals surface area contributed by atoms with Crippen LogP contribution in [0, 0.1) is 17.7 Å². The Hall–Kier alpha value is -1.92. The van der Waals surface area contributed by atoms with E-state index in [1.807, 2.05) is 4.90 Å². The lowest BCUT2D eigenvalue weighted by atomic mass is 9.98. The van der Waals surface area contributed by atoms with Gasteiger partial charge in [0.05, 0.1) is 5.69 Å². The fourth-order valence-electron chi connectivity index (χ4n) is 3.84. The van der Waals surface area contributed by atoms with E-state index in [1.165, 1.54) is 12.1 Å². The molecule has 0 radical (unpaired) electrons. The van der Waals surface area contributed by atoms with Crippen LogP contribution in [0.2, 0.25) is 0 Å². The minimum absolute atomic E-state index is 0. The maximum Gasteiger partial charge on any atom is 0.271 e. The van der Waals surface area contributed by atoms with E-state index in [4.69, 9.17) is 5.73 Å². The molecule has 128 valence electrons. The molecule has 1 saturated heterocycles. The van der Waals surface area contributed by atoms with Gasteiger partial charge in [0, 0.05) is 24.7 Å². The van der Waals surface area contributed by atoms with E-state index in [1.54, 1.807) is 18.2 Å². The highest BCUT2D eigenvalue weighted by atomic mass is 35.5. The first-order valence-electron chi connectivity index (χ1n) is 7.98. The zero-order chi connectivity index (χ0) is 16.0. The van der Waals surface area contributed by atoms with Gasteiger partial charge >= 0.3 is 0 Å². The standard InChI is InChI=1S/C17H19FN4O.ClH/c18-12-4-1-10(2-5-12)15-7-16(21-20-15)17(23)22-8-11-3-6-14(19)13(11)9-22;/h1-2,4-5,7,11,13-14H,3,6,8-9,19H2,(H,20,21);1H. The summed E-state index contributed by atoms with van der Waals surface area (Å²) in [6.07, 6.45) is 2.18. The summed E-state index contributed by atoms with van der Waals surface area (Å²) in [6.45, 7) is 1.51. The maximum atomic E-state index is 13.0. The Morgan fingerprint density at radius 2 is 2.00 bits per heavy atom. The molecule has 7 heteroatoms. The molecule has 3 atom stereocenters.